The molecule has 2 aromatic heterocycles. The van der Waals surface area contributed by atoms with Crippen molar-refractivity contribution in [1.82, 2.24) is 19.7 Å². The van der Waals surface area contributed by atoms with Gasteiger partial charge in [-0.2, -0.15) is 5.10 Å². The van der Waals surface area contributed by atoms with Crippen molar-refractivity contribution in [3.8, 4) is 0 Å². The highest BCUT2D eigenvalue weighted by molar-refractivity contribution is 5.31. The molecular weight excluding hydrogens is 214 g/mol. The average Bonchev–Trinajstić information content (AvgIpc) is 2.63. The summed E-state index contributed by atoms with van der Waals surface area (Å²) >= 11 is 0. The molecule has 2 rings (SSSR count). The van der Waals surface area contributed by atoms with Gasteiger partial charge in [0.25, 0.3) is 0 Å². The van der Waals surface area contributed by atoms with Crippen LogP contribution in [0, 0.1) is 13.8 Å². The Morgan fingerprint density at radius 1 is 1.24 bits per heavy atom. The van der Waals surface area contributed by atoms with Crippen molar-refractivity contribution in [3.63, 3.8) is 0 Å². The summed E-state index contributed by atoms with van der Waals surface area (Å²) in [7, 11) is 1.91. The highest BCUT2D eigenvalue weighted by Gasteiger charge is 2.09. The summed E-state index contributed by atoms with van der Waals surface area (Å²) in [5.41, 5.74) is 3.06. The van der Waals surface area contributed by atoms with Gasteiger partial charge in [-0.1, -0.05) is 0 Å². The second-order valence-electron chi connectivity index (χ2n) is 4.29. The Hall–Kier alpha value is -1.91. The first-order valence-corrected chi connectivity index (χ1v) is 5.62. The normalized spacial score (nSPS) is 12.5. The molecule has 0 bridgehead atoms. The first-order chi connectivity index (χ1) is 8.04. The molecule has 0 saturated carbocycles. The number of nitrogens with zero attached hydrogens (tertiary/aromatic N) is 4. The Labute approximate surface area is 101 Å². The topological polar surface area (TPSA) is 55.6 Å². The molecule has 5 nitrogen and oxygen atoms in total. The van der Waals surface area contributed by atoms with E-state index in [1.54, 1.807) is 4.68 Å². The van der Waals surface area contributed by atoms with Crippen LogP contribution >= 0.6 is 0 Å². The Morgan fingerprint density at radius 2 is 1.88 bits per heavy atom. The molecule has 17 heavy (non-hydrogen) atoms. The zero-order valence-electron chi connectivity index (χ0n) is 10.6. The van der Waals surface area contributed by atoms with E-state index in [2.05, 4.69) is 27.3 Å². The Balaban J connectivity index is 2.15. The number of nitrogens with one attached hydrogen (secondary N) is 1. The predicted octanol–water partition coefficient (Wildman–Crippen LogP) is 2.00. The molecule has 0 amide bonds. The third-order valence-corrected chi connectivity index (χ3v) is 2.55. The number of aromatic nitrogens is 4. The average molecular weight is 231 g/mol. The van der Waals surface area contributed by atoms with Crippen LogP contribution < -0.4 is 5.32 Å². The zero-order chi connectivity index (χ0) is 12.4. The minimum atomic E-state index is 0.143. The van der Waals surface area contributed by atoms with Gasteiger partial charge in [0, 0.05) is 30.2 Å². The maximum Gasteiger partial charge on any atom is 0.223 e. The first-order valence-electron chi connectivity index (χ1n) is 5.62. The highest BCUT2D eigenvalue weighted by atomic mass is 15.2. The molecule has 90 valence electrons. The summed E-state index contributed by atoms with van der Waals surface area (Å²) in [4.78, 5) is 8.71. The zero-order valence-corrected chi connectivity index (χ0v) is 10.6. The molecule has 0 aromatic carbocycles. The van der Waals surface area contributed by atoms with Gasteiger partial charge in [0.2, 0.25) is 5.95 Å². The van der Waals surface area contributed by atoms with Crippen molar-refractivity contribution < 1.29 is 0 Å². The molecule has 0 spiro atoms. The fourth-order valence-corrected chi connectivity index (χ4v) is 1.73. The van der Waals surface area contributed by atoms with Crippen LogP contribution in [0.4, 0.5) is 5.95 Å². The predicted molar refractivity (Wildman–Crippen MR) is 66.8 cm³/mol. The van der Waals surface area contributed by atoms with Gasteiger partial charge in [0.05, 0.1) is 12.2 Å². The van der Waals surface area contributed by atoms with Crippen LogP contribution in [0.15, 0.2) is 18.5 Å². The van der Waals surface area contributed by atoms with Gasteiger partial charge in [0.1, 0.15) is 0 Å². The summed E-state index contributed by atoms with van der Waals surface area (Å²) in [6.07, 6.45) is 3.83. The minimum absolute atomic E-state index is 0.143. The second kappa shape index (κ2) is 4.53. The quantitative estimate of drug-likeness (QED) is 0.877. The number of aryl methyl sites for hydroxylation is 3. The fraction of sp³-hybridized carbons (Fsp3) is 0.417. The Morgan fingerprint density at radius 3 is 2.41 bits per heavy atom. The molecule has 1 unspecified atom stereocenters. The standard InChI is InChI=1S/C12H17N5/c1-8-5-9(2)15-12(14-8)16-10(3)11-6-13-17(4)7-11/h5-7,10H,1-4H3,(H,14,15,16). The first kappa shape index (κ1) is 11.6. The molecule has 0 aliphatic carbocycles. The van der Waals surface area contributed by atoms with Crippen LogP contribution in [-0.2, 0) is 7.05 Å². The van der Waals surface area contributed by atoms with Gasteiger partial charge in [-0.05, 0) is 26.8 Å². The molecule has 5 heteroatoms. The van der Waals surface area contributed by atoms with E-state index in [1.165, 1.54) is 0 Å². The van der Waals surface area contributed by atoms with E-state index in [0.717, 1.165) is 17.0 Å². The van der Waals surface area contributed by atoms with Crippen molar-refractivity contribution in [2.24, 2.45) is 7.05 Å². The third-order valence-electron chi connectivity index (χ3n) is 2.55. The van der Waals surface area contributed by atoms with E-state index in [9.17, 15) is 0 Å². The molecule has 0 aliphatic rings. The molecular formula is C12H17N5. The Bertz CT molecular complexity index is 497. The molecule has 2 heterocycles. The summed E-state index contributed by atoms with van der Waals surface area (Å²) < 4.78 is 1.79. The summed E-state index contributed by atoms with van der Waals surface area (Å²) in [5.74, 6) is 0.666. The molecule has 0 aliphatic heterocycles. The number of hydrogen-bond acceptors (Lipinski definition) is 4. The van der Waals surface area contributed by atoms with Crippen LogP contribution in [-0.4, -0.2) is 19.7 Å². The van der Waals surface area contributed by atoms with Crippen molar-refractivity contribution in [2.75, 3.05) is 5.32 Å². The van der Waals surface area contributed by atoms with Crippen LogP contribution in [0.2, 0.25) is 0 Å². The largest absolute Gasteiger partial charge is 0.348 e. The number of anilines is 1. The van der Waals surface area contributed by atoms with Gasteiger partial charge in [0.15, 0.2) is 0 Å². The van der Waals surface area contributed by atoms with Crippen molar-refractivity contribution in [3.05, 3.63) is 35.4 Å². The molecule has 0 radical (unpaired) electrons. The third kappa shape index (κ3) is 2.81. The van der Waals surface area contributed by atoms with Gasteiger partial charge in [-0.25, -0.2) is 9.97 Å². The molecule has 1 N–H and O–H groups in total. The molecule has 2 aromatic rings. The monoisotopic (exact) mass is 231 g/mol. The van der Waals surface area contributed by atoms with Crippen LogP contribution in [0.25, 0.3) is 0 Å². The fourth-order valence-electron chi connectivity index (χ4n) is 1.73. The lowest BCUT2D eigenvalue weighted by Crippen LogP contribution is -2.09. The second-order valence-corrected chi connectivity index (χ2v) is 4.29. The van der Waals surface area contributed by atoms with Crippen molar-refractivity contribution >= 4 is 5.95 Å². The molecule has 1 atom stereocenters. The maximum absolute atomic E-state index is 4.36. The lowest BCUT2D eigenvalue weighted by atomic mass is 10.2. The van der Waals surface area contributed by atoms with E-state index in [4.69, 9.17) is 0 Å². The van der Waals surface area contributed by atoms with E-state index < -0.39 is 0 Å². The summed E-state index contributed by atoms with van der Waals surface area (Å²) in [6.45, 7) is 6.00. The van der Waals surface area contributed by atoms with Crippen molar-refractivity contribution in [1.29, 1.82) is 0 Å². The summed E-state index contributed by atoms with van der Waals surface area (Å²) in [5, 5.41) is 7.43. The number of rotatable bonds is 3. The van der Waals surface area contributed by atoms with E-state index in [-0.39, 0.29) is 6.04 Å². The molecule has 0 saturated heterocycles. The van der Waals surface area contributed by atoms with Crippen molar-refractivity contribution in [2.45, 2.75) is 26.8 Å². The lowest BCUT2D eigenvalue weighted by molar-refractivity contribution is 0.764. The van der Waals surface area contributed by atoms with Crippen LogP contribution in [0.3, 0.4) is 0 Å². The van der Waals surface area contributed by atoms with E-state index >= 15 is 0 Å². The van der Waals surface area contributed by atoms with Gasteiger partial charge < -0.3 is 5.32 Å². The number of hydrogen-bond donors (Lipinski definition) is 1. The highest BCUT2D eigenvalue weighted by Crippen LogP contribution is 2.16. The van der Waals surface area contributed by atoms with E-state index in [0.29, 0.717) is 5.95 Å². The van der Waals surface area contributed by atoms with Gasteiger partial charge in [-0.15, -0.1) is 0 Å². The van der Waals surface area contributed by atoms with Gasteiger partial charge in [-0.3, -0.25) is 4.68 Å². The Kier molecular flexibility index (Phi) is 3.08. The summed E-state index contributed by atoms with van der Waals surface area (Å²) in [6, 6.07) is 2.10. The van der Waals surface area contributed by atoms with Crippen LogP contribution in [0.1, 0.15) is 29.9 Å². The minimum Gasteiger partial charge on any atom is -0.348 e. The van der Waals surface area contributed by atoms with E-state index in [1.807, 2.05) is 39.4 Å². The smallest absolute Gasteiger partial charge is 0.223 e. The SMILES string of the molecule is Cc1cc(C)nc(NC(C)c2cnn(C)c2)n1. The van der Waals surface area contributed by atoms with Gasteiger partial charge >= 0.3 is 0 Å². The lowest BCUT2D eigenvalue weighted by Gasteiger charge is -2.12. The molecule has 0 fully saturated rings. The maximum atomic E-state index is 4.36. The van der Waals surface area contributed by atoms with Crippen LogP contribution in [0.5, 0.6) is 0 Å².